The summed E-state index contributed by atoms with van der Waals surface area (Å²) < 4.78 is 38.4. The Bertz CT molecular complexity index is 772. The van der Waals surface area contributed by atoms with Gasteiger partial charge < -0.3 is 4.90 Å². The molecule has 0 bridgehead atoms. The molecule has 1 aromatic carbocycles. The normalized spacial score (nSPS) is 17.0. The molecule has 4 nitrogen and oxygen atoms in total. The minimum Gasteiger partial charge on any atom is -0.340 e. The fourth-order valence-corrected chi connectivity index (χ4v) is 3.34. The van der Waals surface area contributed by atoms with Crippen LogP contribution in [0.4, 0.5) is 13.2 Å². The minimum atomic E-state index is -4.40. The van der Waals surface area contributed by atoms with Gasteiger partial charge in [-0.3, -0.25) is 14.7 Å². The number of carbonyl (C=O) groups is 1. The summed E-state index contributed by atoms with van der Waals surface area (Å²) in [5.74, 6) is -0.136. The maximum atomic E-state index is 12.8. The molecule has 1 aliphatic heterocycles. The van der Waals surface area contributed by atoms with E-state index in [1.54, 1.807) is 17.2 Å². The Morgan fingerprint density at radius 1 is 1.15 bits per heavy atom. The van der Waals surface area contributed by atoms with E-state index in [2.05, 4.69) is 16.8 Å². The van der Waals surface area contributed by atoms with Crippen molar-refractivity contribution in [2.24, 2.45) is 0 Å². The molecule has 1 unspecified atom stereocenters. The predicted octanol–water partition coefficient (Wildman–Crippen LogP) is 3.55. The number of alkyl halides is 3. The molecule has 27 heavy (non-hydrogen) atoms. The van der Waals surface area contributed by atoms with Gasteiger partial charge in [0.15, 0.2) is 0 Å². The van der Waals surface area contributed by atoms with Crippen LogP contribution < -0.4 is 0 Å². The van der Waals surface area contributed by atoms with Crippen molar-refractivity contribution in [1.82, 2.24) is 14.8 Å². The molecule has 2 heterocycles. The Labute approximate surface area is 156 Å². The topological polar surface area (TPSA) is 36.4 Å². The molecule has 0 spiro atoms. The quantitative estimate of drug-likeness (QED) is 0.818. The van der Waals surface area contributed by atoms with Crippen molar-refractivity contribution >= 4 is 5.91 Å². The van der Waals surface area contributed by atoms with Crippen LogP contribution in [0.1, 0.15) is 29.7 Å². The first-order valence-electron chi connectivity index (χ1n) is 8.92. The molecular weight excluding hydrogens is 355 g/mol. The number of nitrogens with zero attached hydrogens (tertiary/aromatic N) is 3. The number of halogens is 3. The molecule has 0 aliphatic carbocycles. The third kappa shape index (κ3) is 4.86. The third-order valence-corrected chi connectivity index (χ3v) is 4.99. The molecule has 1 aromatic heterocycles. The Kier molecular flexibility index (Phi) is 5.79. The average molecular weight is 377 g/mol. The summed E-state index contributed by atoms with van der Waals surface area (Å²) in [6.45, 7) is 4.71. The molecule has 0 N–H and O–H groups in total. The highest BCUT2D eigenvalue weighted by molar-refractivity contribution is 5.79. The number of rotatable bonds is 4. The monoisotopic (exact) mass is 377 g/mol. The smallest absolute Gasteiger partial charge is 0.340 e. The van der Waals surface area contributed by atoms with E-state index in [0.717, 1.165) is 30.8 Å². The van der Waals surface area contributed by atoms with E-state index >= 15 is 0 Å². The Hall–Kier alpha value is -2.41. The first-order valence-corrected chi connectivity index (χ1v) is 8.92. The van der Waals surface area contributed by atoms with Crippen LogP contribution in [0.3, 0.4) is 0 Å². The first kappa shape index (κ1) is 19.4. The Morgan fingerprint density at radius 3 is 2.52 bits per heavy atom. The SMILES string of the molecule is CC(c1cccnc1)N1CCN(C(=O)Cc2cccc(C(F)(F)F)c2)CC1. The molecule has 1 amide bonds. The molecule has 1 fully saturated rings. The van der Waals surface area contributed by atoms with Crippen LogP contribution in [-0.2, 0) is 17.4 Å². The van der Waals surface area contributed by atoms with Crippen molar-refractivity contribution in [2.45, 2.75) is 25.6 Å². The number of piperazine rings is 1. The van der Waals surface area contributed by atoms with E-state index < -0.39 is 11.7 Å². The van der Waals surface area contributed by atoms with Crippen molar-refractivity contribution in [3.63, 3.8) is 0 Å². The van der Waals surface area contributed by atoms with Gasteiger partial charge in [-0.05, 0) is 30.2 Å². The van der Waals surface area contributed by atoms with Crippen LogP contribution in [0.5, 0.6) is 0 Å². The van der Waals surface area contributed by atoms with Gasteiger partial charge in [0.2, 0.25) is 5.91 Å². The second-order valence-electron chi connectivity index (χ2n) is 6.75. The van der Waals surface area contributed by atoms with Crippen LogP contribution >= 0.6 is 0 Å². The number of amides is 1. The molecule has 0 saturated carbocycles. The van der Waals surface area contributed by atoms with E-state index in [1.165, 1.54) is 6.07 Å². The van der Waals surface area contributed by atoms with Crippen molar-refractivity contribution in [3.8, 4) is 0 Å². The van der Waals surface area contributed by atoms with E-state index in [0.29, 0.717) is 18.7 Å². The number of pyridine rings is 1. The lowest BCUT2D eigenvalue weighted by Crippen LogP contribution is -2.49. The number of hydrogen-bond donors (Lipinski definition) is 0. The van der Waals surface area contributed by atoms with E-state index in [1.807, 2.05) is 18.3 Å². The largest absolute Gasteiger partial charge is 0.416 e. The van der Waals surface area contributed by atoms with Crippen LogP contribution in [0.25, 0.3) is 0 Å². The Morgan fingerprint density at radius 2 is 1.89 bits per heavy atom. The van der Waals surface area contributed by atoms with E-state index in [9.17, 15) is 18.0 Å². The summed E-state index contributed by atoms with van der Waals surface area (Å²) >= 11 is 0. The molecular formula is C20H22F3N3O. The first-order chi connectivity index (χ1) is 12.8. The third-order valence-electron chi connectivity index (χ3n) is 4.99. The maximum Gasteiger partial charge on any atom is 0.416 e. The fourth-order valence-electron chi connectivity index (χ4n) is 3.34. The number of aromatic nitrogens is 1. The Balaban J connectivity index is 1.56. The molecule has 1 atom stereocenters. The van der Waals surface area contributed by atoms with Gasteiger partial charge in [-0.15, -0.1) is 0 Å². The molecule has 2 aromatic rings. The van der Waals surface area contributed by atoms with Gasteiger partial charge in [-0.1, -0.05) is 24.3 Å². The van der Waals surface area contributed by atoms with Gasteiger partial charge >= 0.3 is 6.18 Å². The van der Waals surface area contributed by atoms with E-state index in [-0.39, 0.29) is 18.4 Å². The number of carbonyl (C=O) groups excluding carboxylic acids is 1. The van der Waals surface area contributed by atoms with Crippen LogP contribution in [-0.4, -0.2) is 46.9 Å². The summed E-state index contributed by atoms with van der Waals surface area (Å²) in [5.41, 5.74) is 0.796. The lowest BCUT2D eigenvalue weighted by Gasteiger charge is -2.38. The fraction of sp³-hybridized carbons (Fsp3) is 0.400. The second kappa shape index (κ2) is 8.08. The number of hydrogen-bond acceptors (Lipinski definition) is 3. The van der Waals surface area contributed by atoms with E-state index in [4.69, 9.17) is 0 Å². The van der Waals surface area contributed by atoms with Gasteiger partial charge in [0.1, 0.15) is 0 Å². The zero-order valence-electron chi connectivity index (χ0n) is 15.1. The maximum absolute atomic E-state index is 12.8. The summed E-state index contributed by atoms with van der Waals surface area (Å²) in [6.07, 6.45) is -0.828. The van der Waals surface area contributed by atoms with Gasteiger partial charge in [-0.2, -0.15) is 13.2 Å². The summed E-state index contributed by atoms with van der Waals surface area (Å²) in [6, 6.07) is 9.13. The highest BCUT2D eigenvalue weighted by Gasteiger charge is 2.31. The molecule has 1 aliphatic rings. The van der Waals surface area contributed by atoms with Gasteiger partial charge in [0, 0.05) is 44.6 Å². The zero-order valence-corrected chi connectivity index (χ0v) is 15.1. The van der Waals surface area contributed by atoms with Gasteiger partial charge in [0.25, 0.3) is 0 Å². The zero-order chi connectivity index (χ0) is 19.4. The van der Waals surface area contributed by atoms with Crippen molar-refractivity contribution in [1.29, 1.82) is 0 Å². The molecule has 3 rings (SSSR count). The van der Waals surface area contributed by atoms with Crippen molar-refractivity contribution in [2.75, 3.05) is 26.2 Å². The highest BCUT2D eigenvalue weighted by Crippen LogP contribution is 2.29. The standard InChI is InChI=1S/C20H22F3N3O/c1-15(17-5-3-7-24-14-17)25-8-10-26(11-9-25)19(27)13-16-4-2-6-18(12-16)20(21,22)23/h2-7,12,14-15H,8-11,13H2,1H3. The molecule has 1 saturated heterocycles. The molecule has 7 heteroatoms. The second-order valence-corrected chi connectivity index (χ2v) is 6.75. The minimum absolute atomic E-state index is 0.0118. The van der Waals surface area contributed by atoms with Crippen LogP contribution in [0.15, 0.2) is 48.8 Å². The van der Waals surface area contributed by atoms with Crippen molar-refractivity contribution in [3.05, 3.63) is 65.5 Å². The summed E-state index contributed by atoms with van der Waals surface area (Å²) in [4.78, 5) is 20.6. The molecule has 144 valence electrons. The van der Waals surface area contributed by atoms with Gasteiger partial charge in [0.05, 0.1) is 12.0 Å². The lowest BCUT2D eigenvalue weighted by atomic mass is 10.1. The van der Waals surface area contributed by atoms with Crippen molar-refractivity contribution < 1.29 is 18.0 Å². The average Bonchev–Trinajstić information content (AvgIpc) is 2.68. The predicted molar refractivity (Wildman–Crippen MR) is 96.0 cm³/mol. The number of benzene rings is 1. The van der Waals surface area contributed by atoms with Crippen LogP contribution in [0, 0.1) is 0 Å². The molecule has 0 radical (unpaired) electrons. The summed E-state index contributed by atoms with van der Waals surface area (Å²) in [5, 5.41) is 0. The highest BCUT2D eigenvalue weighted by atomic mass is 19.4. The summed E-state index contributed by atoms with van der Waals surface area (Å²) in [7, 11) is 0. The lowest BCUT2D eigenvalue weighted by molar-refractivity contribution is -0.138. The van der Waals surface area contributed by atoms with Crippen LogP contribution in [0.2, 0.25) is 0 Å². The van der Waals surface area contributed by atoms with Gasteiger partial charge in [-0.25, -0.2) is 0 Å².